The Hall–Kier alpha value is -1.40. The van der Waals surface area contributed by atoms with Crippen molar-refractivity contribution >= 4 is 5.78 Å². The minimum atomic E-state index is -4.37. The topological polar surface area (TPSA) is 29.5 Å². The zero-order valence-electron chi connectivity index (χ0n) is 14.6. The molecule has 3 nitrogen and oxygen atoms in total. The number of benzene rings is 1. The van der Waals surface area contributed by atoms with E-state index in [0.717, 1.165) is 19.3 Å². The molecule has 0 aromatic heterocycles. The number of fused-ring (bicyclic) bond motifs is 2. The number of alkyl halides is 3. The van der Waals surface area contributed by atoms with Crippen LogP contribution in [0.4, 0.5) is 13.2 Å². The van der Waals surface area contributed by atoms with Crippen LogP contribution >= 0.6 is 0 Å². The summed E-state index contributed by atoms with van der Waals surface area (Å²) in [6.07, 6.45) is -1.69. The van der Waals surface area contributed by atoms with E-state index in [1.54, 1.807) is 18.2 Å². The van der Waals surface area contributed by atoms with Gasteiger partial charge in [-0.25, -0.2) is 0 Å². The maximum Gasteiger partial charge on any atom is 0.411 e. The summed E-state index contributed by atoms with van der Waals surface area (Å²) >= 11 is 0. The SMILES string of the molecule is CC(=O)c1cccc(C2(OCC(F)(F)F)C3CCCC2CN(C)C3)c1. The second-order valence-corrected chi connectivity index (χ2v) is 7.38. The second-order valence-electron chi connectivity index (χ2n) is 7.38. The first-order valence-electron chi connectivity index (χ1n) is 8.73. The highest BCUT2D eigenvalue weighted by atomic mass is 19.4. The fourth-order valence-corrected chi connectivity index (χ4v) is 4.63. The van der Waals surface area contributed by atoms with Crippen LogP contribution in [0.3, 0.4) is 0 Å². The molecule has 1 aliphatic carbocycles. The summed E-state index contributed by atoms with van der Waals surface area (Å²) in [7, 11) is 2.00. The fraction of sp³-hybridized carbons (Fsp3) is 0.632. The van der Waals surface area contributed by atoms with Crippen molar-refractivity contribution in [2.45, 2.75) is 38.0 Å². The number of carbonyl (C=O) groups is 1. The minimum absolute atomic E-state index is 0.00504. The predicted octanol–water partition coefficient (Wildman–Crippen LogP) is 4.03. The average Bonchev–Trinajstić information content (AvgIpc) is 2.52. The van der Waals surface area contributed by atoms with Gasteiger partial charge in [-0.2, -0.15) is 13.2 Å². The van der Waals surface area contributed by atoms with Crippen molar-refractivity contribution in [1.29, 1.82) is 0 Å². The Morgan fingerprint density at radius 1 is 1.28 bits per heavy atom. The largest absolute Gasteiger partial charge is 0.411 e. The Balaban J connectivity index is 2.06. The van der Waals surface area contributed by atoms with Crippen molar-refractivity contribution in [2.75, 3.05) is 26.7 Å². The quantitative estimate of drug-likeness (QED) is 0.764. The molecule has 1 aromatic rings. The van der Waals surface area contributed by atoms with Crippen LogP contribution in [0.5, 0.6) is 0 Å². The summed E-state index contributed by atoms with van der Waals surface area (Å²) in [5.41, 5.74) is 0.267. The second kappa shape index (κ2) is 6.72. The van der Waals surface area contributed by atoms with E-state index in [2.05, 4.69) is 4.90 Å². The fourth-order valence-electron chi connectivity index (χ4n) is 4.63. The van der Waals surface area contributed by atoms with E-state index < -0.39 is 18.4 Å². The van der Waals surface area contributed by atoms with Gasteiger partial charge in [0, 0.05) is 30.5 Å². The molecule has 0 radical (unpaired) electrons. The molecule has 2 bridgehead atoms. The molecule has 25 heavy (non-hydrogen) atoms. The molecule has 0 N–H and O–H groups in total. The molecular weight excluding hydrogens is 331 g/mol. The van der Waals surface area contributed by atoms with E-state index in [9.17, 15) is 18.0 Å². The van der Waals surface area contributed by atoms with Gasteiger partial charge < -0.3 is 9.64 Å². The van der Waals surface area contributed by atoms with Crippen LogP contribution in [-0.4, -0.2) is 43.6 Å². The van der Waals surface area contributed by atoms with E-state index in [4.69, 9.17) is 4.74 Å². The number of halogens is 3. The van der Waals surface area contributed by atoms with E-state index in [1.807, 2.05) is 13.1 Å². The van der Waals surface area contributed by atoms with E-state index in [0.29, 0.717) is 24.2 Å². The smallest absolute Gasteiger partial charge is 0.360 e. The molecule has 1 aromatic carbocycles. The number of piperidine rings is 1. The third-order valence-electron chi connectivity index (χ3n) is 5.58. The highest BCUT2D eigenvalue weighted by molar-refractivity contribution is 5.94. The summed E-state index contributed by atoms with van der Waals surface area (Å²) in [5, 5.41) is 0. The van der Waals surface area contributed by atoms with Crippen LogP contribution in [-0.2, 0) is 10.3 Å². The molecule has 2 fully saturated rings. The Bertz CT molecular complexity index is 630. The first-order chi connectivity index (χ1) is 11.7. The van der Waals surface area contributed by atoms with Crippen LogP contribution in [0.15, 0.2) is 24.3 Å². The first kappa shape index (κ1) is 18.4. The number of ether oxygens (including phenoxy) is 1. The number of nitrogens with zero attached hydrogens (tertiary/aromatic N) is 1. The molecule has 6 heteroatoms. The summed E-state index contributed by atoms with van der Waals surface area (Å²) in [6, 6.07) is 7.00. The van der Waals surface area contributed by atoms with Crippen LogP contribution in [0.1, 0.15) is 42.1 Å². The number of hydrogen-bond acceptors (Lipinski definition) is 3. The van der Waals surface area contributed by atoms with E-state index in [-0.39, 0.29) is 17.6 Å². The monoisotopic (exact) mass is 355 g/mol. The molecule has 138 valence electrons. The molecule has 2 aliphatic rings. The van der Waals surface area contributed by atoms with Crippen LogP contribution in [0, 0.1) is 11.8 Å². The lowest BCUT2D eigenvalue weighted by molar-refractivity contribution is -0.251. The Kier molecular flexibility index (Phi) is 4.95. The van der Waals surface area contributed by atoms with Crippen molar-refractivity contribution in [3.8, 4) is 0 Å². The van der Waals surface area contributed by atoms with Gasteiger partial charge in [-0.3, -0.25) is 4.79 Å². The van der Waals surface area contributed by atoms with Gasteiger partial charge in [-0.15, -0.1) is 0 Å². The summed E-state index contributed by atoms with van der Waals surface area (Å²) in [5.74, 6) is -0.102. The van der Waals surface area contributed by atoms with Gasteiger partial charge in [0.1, 0.15) is 12.2 Å². The highest BCUT2D eigenvalue weighted by Gasteiger charge is 2.54. The van der Waals surface area contributed by atoms with Gasteiger partial charge in [-0.1, -0.05) is 24.6 Å². The van der Waals surface area contributed by atoms with Crippen molar-refractivity contribution in [3.63, 3.8) is 0 Å². The minimum Gasteiger partial charge on any atom is -0.360 e. The lowest BCUT2D eigenvalue weighted by Crippen LogP contribution is -2.59. The molecule has 1 aliphatic heterocycles. The normalized spacial score (nSPS) is 30.3. The van der Waals surface area contributed by atoms with Crippen molar-refractivity contribution in [2.24, 2.45) is 11.8 Å². The molecule has 1 heterocycles. The standard InChI is InChI=1S/C19H24F3NO2/c1-13(24)14-5-3-6-15(9-14)19(25-12-18(20,21)22)16-7-4-8-17(19)11-23(2)10-16/h3,5-6,9,16-17H,4,7-8,10-12H2,1-2H3. The molecule has 2 atom stereocenters. The predicted molar refractivity (Wildman–Crippen MR) is 88.5 cm³/mol. The van der Waals surface area contributed by atoms with Crippen molar-refractivity contribution in [1.82, 2.24) is 4.90 Å². The molecule has 0 amide bonds. The molecule has 1 saturated carbocycles. The first-order valence-corrected chi connectivity index (χ1v) is 8.73. The Labute approximate surface area is 146 Å². The molecule has 3 rings (SSSR count). The van der Waals surface area contributed by atoms with Crippen LogP contribution in [0.2, 0.25) is 0 Å². The van der Waals surface area contributed by atoms with E-state index in [1.165, 1.54) is 6.92 Å². The maximum absolute atomic E-state index is 13.0. The summed E-state index contributed by atoms with van der Waals surface area (Å²) < 4.78 is 44.6. The van der Waals surface area contributed by atoms with Crippen molar-refractivity contribution in [3.05, 3.63) is 35.4 Å². The van der Waals surface area contributed by atoms with Gasteiger partial charge in [-0.05, 0) is 38.4 Å². The van der Waals surface area contributed by atoms with Crippen molar-refractivity contribution < 1.29 is 22.7 Å². The van der Waals surface area contributed by atoms with Crippen LogP contribution in [0.25, 0.3) is 0 Å². The van der Waals surface area contributed by atoms with Gasteiger partial charge >= 0.3 is 6.18 Å². The average molecular weight is 355 g/mol. The summed E-state index contributed by atoms with van der Waals surface area (Å²) in [4.78, 5) is 14.0. The summed E-state index contributed by atoms with van der Waals surface area (Å²) in [6.45, 7) is 1.63. The number of ketones is 1. The third kappa shape index (κ3) is 3.60. The van der Waals surface area contributed by atoms with E-state index >= 15 is 0 Å². The maximum atomic E-state index is 13.0. The lowest BCUT2D eigenvalue weighted by Gasteiger charge is -2.55. The number of likely N-dealkylation sites (tertiary alicyclic amines) is 1. The third-order valence-corrected chi connectivity index (χ3v) is 5.58. The zero-order chi connectivity index (χ0) is 18.2. The molecule has 2 unspecified atom stereocenters. The zero-order valence-corrected chi connectivity index (χ0v) is 14.6. The number of rotatable bonds is 4. The molecule has 0 spiro atoms. The Morgan fingerprint density at radius 2 is 1.92 bits per heavy atom. The molecule has 1 saturated heterocycles. The van der Waals surface area contributed by atoms with Gasteiger partial charge in [0.2, 0.25) is 0 Å². The molecular formula is C19H24F3NO2. The highest BCUT2D eigenvalue weighted by Crippen LogP contribution is 2.52. The Morgan fingerprint density at radius 3 is 2.48 bits per heavy atom. The number of carbonyl (C=O) groups excluding carboxylic acids is 1. The lowest BCUT2D eigenvalue weighted by atomic mass is 9.62. The van der Waals surface area contributed by atoms with Crippen LogP contribution < -0.4 is 0 Å². The van der Waals surface area contributed by atoms with Gasteiger partial charge in [0.05, 0.1) is 0 Å². The number of Topliss-reactive ketones (excluding diaryl/α,β-unsaturated/α-hetero) is 1. The van der Waals surface area contributed by atoms with Gasteiger partial charge in [0.15, 0.2) is 5.78 Å². The van der Waals surface area contributed by atoms with Gasteiger partial charge in [0.25, 0.3) is 0 Å². The number of hydrogen-bond donors (Lipinski definition) is 0.